The minimum absolute atomic E-state index is 0.422. The molecule has 0 spiro atoms. The first-order valence-corrected chi connectivity index (χ1v) is 7.13. The normalized spacial score (nSPS) is 17.5. The van der Waals surface area contributed by atoms with E-state index >= 15 is 0 Å². The number of H-pyrrole nitrogens is 1. The first kappa shape index (κ1) is 12.4. The van der Waals surface area contributed by atoms with Crippen LogP contribution in [0.1, 0.15) is 30.3 Å². The first-order chi connectivity index (χ1) is 8.66. The smallest absolute Gasteiger partial charge is 0.143 e. The van der Waals surface area contributed by atoms with Crippen molar-refractivity contribution in [2.75, 3.05) is 13.2 Å². The molecule has 0 saturated carbocycles. The van der Waals surface area contributed by atoms with Gasteiger partial charge < -0.3 is 9.72 Å². The monoisotopic (exact) mass is 329 g/mol. The molecular weight excluding hydrogens is 318 g/mol. The minimum atomic E-state index is 0.422. The van der Waals surface area contributed by atoms with Crippen molar-refractivity contribution in [1.82, 2.24) is 15.0 Å². The van der Waals surface area contributed by atoms with E-state index < -0.39 is 0 Å². The quantitative estimate of drug-likeness (QED) is 0.869. The fourth-order valence-electron chi connectivity index (χ4n) is 2.44. The fraction of sp³-hybridized carbons (Fsp3) is 0.500. The molecule has 0 unspecified atom stereocenters. The zero-order chi connectivity index (χ0) is 12.7. The second kappa shape index (κ2) is 4.79. The molecule has 18 heavy (non-hydrogen) atoms. The predicted octanol–water partition coefficient (Wildman–Crippen LogP) is 3.58. The summed E-state index contributed by atoms with van der Waals surface area (Å²) in [5, 5.41) is 1.59. The summed E-state index contributed by atoms with van der Waals surface area (Å²) >= 11 is 9.64. The highest BCUT2D eigenvalue weighted by atomic mass is 79.9. The summed E-state index contributed by atoms with van der Waals surface area (Å²) in [6, 6.07) is 0. The molecule has 3 rings (SSSR count). The van der Waals surface area contributed by atoms with E-state index in [-0.39, 0.29) is 0 Å². The van der Waals surface area contributed by atoms with Gasteiger partial charge in [0.25, 0.3) is 0 Å². The number of rotatable bonds is 1. The second-order valence-corrected chi connectivity index (χ2v) is 5.69. The number of hydrogen-bond acceptors (Lipinski definition) is 3. The Kier molecular flexibility index (Phi) is 3.30. The van der Waals surface area contributed by atoms with Crippen molar-refractivity contribution in [2.24, 2.45) is 0 Å². The summed E-state index contributed by atoms with van der Waals surface area (Å²) < 4.78 is 6.27. The third kappa shape index (κ3) is 2.04. The van der Waals surface area contributed by atoms with Crippen molar-refractivity contribution >= 4 is 38.6 Å². The number of aryl methyl sites for hydroxylation is 1. The van der Waals surface area contributed by atoms with Crippen LogP contribution >= 0.6 is 27.5 Å². The molecule has 0 radical (unpaired) electrons. The van der Waals surface area contributed by atoms with E-state index in [1.165, 1.54) is 0 Å². The molecule has 2 aromatic heterocycles. The Bertz CT molecular complexity index is 593. The number of aromatic nitrogens is 3. The molecule has 2 aromatic rings. The zero-order valence-electron chi connectivity index (χ0n) is 9.96. The Morgan fingerprint density at radius 3 is 2.78 bits per heavy atom. The summed E-state index contributed by atoms with van der Waals surface area (Å²) in [6.45, 7) is 3.50. The fourth-order valence-corrected chi connectivity index (χ4v) is 3.11. The lowest BCUT2D eigenvalue weighted by molar-refractivity contribution is 0.0847. The van der Waals surface area contributed by atoms with Crippen LogP contribution in [0.3, 0.4) is 0 Å². The van der Waals surface area contributed by atoms with Crippen LogP contribution in [-0.2, 0) is 4.74 Å². The van der Waals surface area contributed by atoms with E-state index in [1.54, 1.807) is 0 Å². The Balaban J connectivity index is 2.19. The highest BCUT2D eigenvalue weighted by Gasteiger charge is 2.23. The Morgan fingerprint density at radius 1 is 1.33 bits per heavy atom. The van der Waals surface area contributed by atoms with Gasteiger partial charge in [0.1, 0.15) is 16.6 Å². The molecule has 4 nitrogen and oxygen atoms in total. The summed E-state index contributed by atoms with van der Waals surface area (Å²) in [7, 11) is 0. The molecule has 3 heterocycles. The van der Waals surface area contributed by atoms with Crippen LogP contribution in [0.25, 0.3) is 11.0 Å². The summed E-state index contributed by atoms with van der Waals surface area (Å²) in [5.41, 5.74) is 1.89. The van der Waals surface area contributed by atoms with Gasteiger partial charge in [0, 0.05) is 19.1 Å². The van der Waals surface area contributed by atoms with E-state index in [4.69, 9.17) is 16.3 Å². The van der Waals surface area contributed by atoms with Gasteiger partial charge in [0.15, 0.2) is 0 Å². The van der Waals surface area contributed by atoms with E-state index in [1.807, 2.05) is 6.92 Å². The van der Waals surface area contributed by atoms with Gasteiger partial charge in [0.2, 0.25) is 0 Å². The highest BCUT2D eigenvalue weighted by molar-refractivity contribution is 9.10. The predicted molar refractivity (Wildman–Crippen MR) is 74.1 cm³/mol. The highest BCUT2D eigenvalue weighted by Crippen LogP contribution is 2.37. The largest absolute Gasteiger partial charge is 0.381 e. The van der Waals surface area contributed by atoms with Crippen LogP contribution in [0.5, 0.6) is 0 Å². The van der Waals surface area contributed by atoms with Gasteiger partial charge in [0.05, 0.1) is 15.6 Å². The van der Waals surface area contributed by atoms with Gasteiger partial charge in [-0.3, -0.25) is 0 Å². The summed E-state index contributed by atoms with van der Waals surface area (Å²) in [5.74, 6) is 1.19. The van der Waals surface area contributed by atoms with Crippen LogP contribution < -0.4 is 0 Å². The van der Waals surface area contributed by atoms with Gasteiger partial charge in [-0.05, 0) is 35.7 Å². The number of fused-ring (bicyclic) bond motifs is 1. The summed E-state index contributed by atoms with van der Waals surface area (Å²) in [6.07, 6.45) is 2.00. The standard InChI is InChI=1S/C12H13BrClN3O/c1-6-15-10(7-2-4-18-5-3-7)8-9(13)11(14)17-12(8)16-6/h7H,2-5H2,1H3,(H,15,16,17). The lowest BCUT2D eigenvalue weighted by Crippen LogP contribution is -2.16. The van der Waals surface area contributed by atoms with Gasteiger partial charge >= 0.3 is 0 Å². The van der Waals surface area contributed by atoms with Crippen molar-refractivity contribution in [3.05, 3.63) is 21.1 Å². The maximum Gasteiger partial charge on any atom is 0.143 e. The average molecular weight is 331 g/mol. The number of nitrogens with zero attached hydrogens (tertiary/aromatic N) is 2. The maximum atomic E-state index is 6.12. The van der Waals surface area contributed by atoms with Gasteiger partial charge in [-0.15, -0.1) is 0 Å². The Hall–Kier alpha value is -0.650. The number of hydrogen-bond donors (Lipinski definition) is 1. The van der Waals surface area contributed by atoms with Gasteiger partial charge in [-0.1, -0.05) is 11.6 Å². The zero-order valence-corrected chi connectivity index (χ0v) is 12.3. The van der Waals surface area contributed by atoms with Crippen LogP contribution in [0, 0.1) is 6.92 Å². The molecule has 0 aliphatic carbocycles. The number of aromatic amines is 1. The molecule has 1 fully saturated rings. The molecule has 1 saturated heterocycles. The van der Waals surface area contributed by atoms with Crippen molar-refractivity contribution in [2.45, 2.75) is 25.7 Å². The molecule has 0 bridgehead atoms. The topological polar surface area (TPSA) is 50.8 Å². The van der Waals surface area contributed by atoms with Crippen LogP contribution in [0.15, 0.2) is 4.47 Å². The first-order valence-electron chi connectivity index (χ1n) is 5.95. The lowest BCUT2D eigenvalue weighted by Gasteiger charge is -2.22. The van der Waals surface area contributed by atoms with Crippen molar-refractivity contribution in [3.63, 3.8) is 0 Å². The molecule has 0 amide bonds. The van der Waals surface area contributed by atoms with Crippen LogP contribution in [-0.4, -0.2) is 28.2 Å². The number of ether oxygens (including phenoxy) is 1. The van der Waals surface area contributed by atoms with Crippen molar-refractivity contribution in [1.29, 1.82) is 0 Å². The molecule has 0 atom stereocenters. The van der Waals surface area contributed by atoms with Crippen molar-refractivity contribution < 1.29 is 4.74 Å². The molecule has 1 N–H and O–H groups in total. The van der Waals surface area contributed by atoms with E-state index in [0.717, 1.165) is 53.1 Å². The SMILES string of the molecule is Cc1nc(C2CCOCC2)c2c(Br)c(Cl)[nH]c2n1. The van der Waals surface area contributed by atoms with Crippen LogP contribution in [0.4, 0.5) is 0 Å². The molecule has 96 valence electrons. The molecule has 0 aromatic carbocycles. The number of halogens is 2. The third-order valence-electron chi connectivity index (χ3n) is 3.30. The third-order valence-corrected chi connectivity index (χ3v) is 4.60. The second-order valence-electron chi connectivity index (χ2n) is 4.52. The molecule has 1 aliphatic rings. The summed E-state index contributed by atoms with van der Waals surface area (Å²) in [4.78, 5) is 12.1. The number of nitrogens with one attached hydrogen (secondary N) is 1. The molecule has 1 aliphatic heterocycles. The Morgan fingerprint density at radius 2 is 2.06 bits per heavy atom. The Labute approximate surface area is 118 Å². The molecule has 6 heteroatoms. The minimum Gasteiger partial charge on any atom is -0.381 e. The molecular formula is C12H13BrClN3O. The van der Waals surface area contributed by atoms with E-state index in [9.17, 15) is 0 Å². The average Bonchev–Trinajstić information content (AvgIpc) is 2.65. The van der Waals surface area contributed by atoms with Gasteiger partial charge in [-0.25, -0.2) is 9.97 Å². The van der Waals surface area contributed by atoms with Crippen molar-refractivity contribution in [3.8, 4) is 0 Å². The van der Waals surface area contributed by atoms with E-state index in [0.29, 0.717) is 11.1 Å². The van der Waals surface area contributed by atoms with Crippen LogP contribution in [0.2, 0.25) is 5.15 Å². The lowest BCUT2D eigenvalue weighted by atomic mass is 9.94. The van der Waals surface area contributed by atoms with Gasteiger partial charge in [-0.2, -0.15) is 0 Å². The van der Waals surface area contributed by atoms with E-state index in [2.05, 4.69) is 30.9 Å². The maximum absolute atomic E-state index is 6.12.